The Labute approximate surface area is 242 Å². The molecule has 0 spiro atoms. The van der Waals surface area contributed by atoms with Crippen molar-refractivity contribution in [3.8, 4) is 0 Å². The maximum Gasteiger partial charge on any atom is 0.257 e. The molecule has 6 nitrogen and oxygen atoms in total. The molecule has 5 rings (SSSR count). The van der Waals surface area contributed by atoms with Crippen LogP contribution in [0.1, 0.15) is 59.4 Å². The maximum absolute atomic E-state index is 14.3. The van der Waals surface area contributed by atoms with E-state index in [0.29, 0.717) is 33.0 Å². The zero-order valence-corrected chi connectivity index (χ0v) is 24.5. The highest BCUT2D eigenvalue weighted by atomic mass is 35.5. The second-order valence-electron chi connectivity index (χ2n) is 12.6. The number of pyridine rings is 1. The molecule has 1 saturated carbocycles. The lowest BCUT2D eigenvalue weighted by Gasteiger charge is -2.51. The molecule has 2 aromatic carbocycles. The van der Waals surface area contributed by atoms with Gasteiger partial charge in [0.1, 0.15) is 37.2 Å². The minimum Gasteiger partial charge on any atom is -0.407 e. The van der Waals surface area contributed by atoms with E-state index in [1.807, 2.05) is 15.7 Å². The van der Waals surface area contributed by atoms with Gasteiger partial charge in [-0.05, 0) is 68.0 Å². The van der Waals surface area contributed by atoms with E-state index in [0.717, 1.165) is 12.8 Å². The first-order chi connectivity index (χ1) is 18.5. The second kappa shape index (κ2) is 9.48. The van der Waals surface area contributed by atoms with E-state index in [1.54, 1.807) is 76.9 Å². The third kappa shape index (κ3) is 4.61. The number of ether oxygens (including phenoxy) is 1. The molecule has 2 heterocycles. The predicted octanol–water partition coefficient (Wildman–Crippen LogP) is 0.588. The summed E-state index contributed by atoms with van der Waals surface area (Å²) in [7, 11) is 7.45. The zero-order chi connectivity index (χ0) is 29.3. The standard InChI is InChI=1S/C28H32B4ClFN2O4/c1-24(2,38)17-5-10-22-21(13-17)23(37)36(15-20-9-6-18(33)14-35-20)26(22,16-3-7-19(34)8-4-16)40-28(31,32)25(11-12-25)27(29,30)39/h3-10,13-14,38-39H,11-12,15,29-32H2,1-2H3/t26-/m1/s1. The lowest BCUT2D eigenvalue weighted by Crippen LogP contribution is -2.62. The summed E-state index contributed by atoms with van der Waals surface area (Å²) >= 11 is 6.09. The van der Waals surface area contributed by atoms with Crippen molar-refractivity contribution in [3.63, 3.8) is 0 Å². The normalized spacial score (nSPS) is 20.4. The van der Waals surface area contributed by atoms with Gasteiger partial charge in [0, 0.05) is 33.7 Å². The van der Waals surface area contributed by atoms with Gasteiger partial charge in [-0.25, -0.2) is 4.39 Å². The Balaban J connectivity index is 1.77. The Bertz CT molecular complexity index is 1460. The van der Waals surface area contributed by atoms with Crippen LogP contribution in [0.25, 0.3) is 0 Å². The summed E-state index contributed by atoms with van der Waals surface area (Å²) in [5.41, 5.74) is -0.561. The third-order valence-electron chi connectivity index (χ3n) is 8.77. The van der Waals surface area contributed by atoms with Crippen LogP contribution >= 0.6 is 11.6 Å². The first kappa shape index (κ1) is 28.9. The molecule has 0 unspecified atom stereocenters. The molecule has 12 heteroatoms. The van der Waals surface area contributed by atoms with Gasteiger partial charge in [0.15, 0.2) is 5.72 Å². The average molecular weight is 558 g/mol. The number of rotatable bonds is 8. The maximum atomic E-state index is 14.3. The fourth-order valence-electron chi connectivity index (χ4n) is 6.37. The van der Waals surface area contributed by atoms with E-state index in [4.69, 9.17) is 16.3 Å². The van der Waals surface area contributed by atoms with E-state index < -0.39 is 33.4 Å². The highest BCUT2D eigenvalue weighted by Crippen LogP contribution is 2.61. The van der Waals surface area contributed by atoms with Crippen molar-refractivity contribution in [1.82, 2.24) is 9.88 Å². The van der Waals surface area contributed by atoms with Gasteiger partial charge in [-0.3, -0.25) is 14.7 Å². The predicted molar refractivity (Wildman–Crippen MR) is 163 cm³/mol. The number of amides is 1. The van der Waals surface area contributed by atoms with E-state index in [1.165, 1.54) is 18.3 Å². The van der Waals surface area contributed by atoms with Crippen LogP contribution in [0.3, 0.4) is 0 Å². The topological polar surface area (TPSA) is 82.9 Å². The lowest BCUT2D eigenvalue weighted by atomic mass is 9.43. The molecule has 1 amide bonds. The molecule has 1 fully saturated rings. The number of nitrogens with zero attached hydrogens (tertiary/aromatic N) is 2. The third-order valence-corrected chi connectivity index (χ3v) is 8.99. The van der Waals surface area contributed by atoms with E-state index >= 15 is 0 Å². The fraction of sp³-hybridized carbons (Fsp3) is 0.357. The van der Waals surface area contributed by atoms with Crippen molar-refractivity contribution in [2.45, 2.75) is 55.4 Å². The summed E-state index contributed by atoms with van der Waals surface area (Å²) in [6.45, 7) is 3.40. The van der Waals surface area contributed by atoms with E-state index in [9.17, 15) is 19.4 Å². The van der Waals surface area contributed by atoms with Gasteiger partial charge in [-0.2, -0.15) is 0 Å². The minimum absolute atomic E-state index is 0.0749. The van der Waals surface area contributed by atoms with Crippen molar-refractivity contribution in [2.75, 3.05) is 0 Å². The average Bonchev–Trinajstić information content (AvgIpc) is 3.67. The summed E-state index contributed by atoms with van der Waals surface area (Å²) in [6.07, 6.45) is 3.02. The molecule has 3 aromatic rings. The summed E-state index contributed by atoms with van der Waals surface area (Å²) in [4.78, 5) is 20.4. The molecular formula is C28H32B4ClFN2O4. The smallest absolute Gasteiger partial charge is 0.257 e. The van der Waals surface area contributed by atoms with E-state index in [2.05, 4.69) is 4.98 Å². The van der Waals surface area contributed by atoms with Gasteiger partial charge in [-0.1, -0.05) is 35.9 Å². The van der Waals surface area contributed by atoms with Crippen LogP contribution in [-0.4, -0.2) is 68.2 Å². The Morgan fingerprint density at radius 2 is 1.70 bits per heavy atom. The quantitative estimate of drug-likeness (QED) is 0.396. The van der Waals surface area contributed by atoms with Gasteiger partial charge < -0.3 is 14.9 Å². The van der Waals surface area contributed by atoms with Crippen molar-refractivity contribution in [1.29, 1.82) is 0 Å². The highest BCUT2D eigenvalue weighted by Gasteiger charge is 2.66. The molecule has 0 bridgehead atoms. The molecule has 1 aliphatic heterocycles. The van der Waals surface area contributed by atoms with Crippen LogP contribution < -0.4 is 0 Å². The van der Waals surface area contributed by atoms with Crippen LogP contribution in [0.15, 0.2) is 60.8 Å². The number of carbonyl (C=O) groups is 1. The number of fused-ring (bicyclic) bond motifs is 1. The molecule has 1 aliphatic carbocycles. The molecular weight excluding hydrogens is 526 g/mol. The van der Waals surface area contributed by atoms with Gasteiger partial charge in [-0.15, -0.1) is 0 Å². The monoisotopic (exact) mass is 558 g/mol. The van der Waals surface area contributed by atoms with Crippen molar-refractivity contribution in [2.24, 2.45) is 5.41 Å². The first-order valence-electron chi connectivity index (χ1n) is 13.5. The largest absolute Gasteiger partial charge is 0.407 e. The van der Waals surface area contributed by atoms with Crippen molar-refractivity contribution in [3.05, 3.63) is 99.6 Å². The number of benzene rings is 2. The number of halogens is 2. The van der Waals surface area contributed by atoms with Gasteiger partial charge in [0.25, 0.3) is 5.91 Å². The minimum atomic E-state index is -1.48. The first-order valence-corrected chi connectivity index (χ1v) is 13.9. The lowest BCUT2D eigenvalue weighted by molar-refractivity contribution is -0.168. The van der Waals surface area contributed by atoms with Crippen LogP contribution in [-0.2, 0) is 22.6 Å². The number of aromatic nitrogens is 1. The number of hydrogen-bond donors (Lipinski definition) is 2. The summed E-state index contributed by atoms with van der Waals surface area (Å²) in [5, 5.41) is 20.5. The number of aliphatic hydroxyl groups is 2. The van der Waals surface area contributed by atoms with Crippen molar-refractivity contribution >= 4 is 48.9 Å². The zero-order valence-electron chi connectivity index (χ0n) is 23.8. The Morgan fingerprint density at radius 1 is 1.05 bits per heavy atom. The van der Waals surface area contributed by atoms with Gasteiger partial charge in [0.05, 0.1) is 22.9 Å². The SMILES string of the molecule is BC(B)(O)C1(C(B)(B)O[C@]2(c3ccc(F)cc3)c3ccc(C(C)(C)O)cc3C(=O)N2Cc2ccc(Cl)cn2)CC1. The van der Waals surface area contributed by atoms with Crippen LogP contribution in [0.2, 0.25) is 5.02 Å². The molecule has 2 aliphatic rings. The molecule has 0 radical (unpaired) electrons. The Morgan fingerprint density at radius 3 is 2.23 bits per heavy atom. The van der Waals surface area contributed by atoms with Crippen LogP contribution in [0.4, 0.5) is 4.39 Å². The molecule has 204 valence electrons. The fourth-order valence-corrected chi connectivity index (χ4v) is 6.49. The molecule has 2 N–H and O–H groups in total. The highest BCUT2D eigenvalue weighted by molar-refractivity contribution is 6.45. The molecule has 1 aromatic heterocycles. The Hall–Kier alpha value is -2.58. The number of carbonyl (C=O) groups excluding carboxylic acids is 1. The van der Waals surface area contributed by atoms with Crippen LogP contribution in [0.5, 0.6) is 0 Å². The number of hydrogen-bond acceptors (Lipinski definition) is 5. The molecule has 0 saturated heterocycles. The second-order valence-corrected chi connectivity index (χ2v) is 13.0. The van der Waals surface area contributed by atoms with Gasteiger partial charge in [0.2, 0.25) is 0 Å². The van der Waals surface area contributed by atoms with Crippen molar-refractivity contribution < 1.29 is 24.1 Å². The summed E-state index contributed by atoms with van der Waals surface area (Å²) in [6, 6.07) is 14.7. The summed E-state index contributed by atoms with van der Waals surface area (Å²) in [5.74, 6) is -0.729. The van der Waals surface area contributed by atoms with E-state index in [-0.39, 0.29) is 12.5 Å². The van der Waals surface area contributed by atoms with Crippen LogP contribution in [0, 0.1) is 11.2 Å². The molecule has 40 heavy (non-hydrogen) atoms. The Kier molecular flexibility index (Phi) is 6.86. The van der Waals surface area contributed by atoms with Gasteiger partial charge >= 0.3 is 0 Å². The molecule has 1 atom stereocenters. The summed E-state index contributed by atoms with van der Waals surface area (Å²) < 4.78 is 21.4.